The Bertz CT molecular complexity index is 946. The van der Waals surface area contributed by atoms with Gasteiger partial charge in [0.05, 0.1) is 24.0 Å². The van der Waals surface area contributed by atoms with Crippen molar-refractivity contribution in [2.24, 2.45) is 0 Å². The van der Waals surface area contributed by atoms with E-state index in [1.54, 1.807) is 24.3 Å². The van der Waals surface area contributed by atoms with Crippen LogP contribution in [0.3, 0.4) is 0 Å². The molecule has 2 amide bonds. The Morgan fingerprint density at radius 1 is 1.10 bits per heavy atom. The predicted octanol–water partition coefficient (Wildman–Crippen LogP) is 2.29. The van der Waals surface area contributed by atoms with Crippen molar-refractivity contribution in [1.29, 1.82) is 0 Å². The lowest BCUT2D eigenvalue weighted by Crippen LogP contribution is -2.32. The molecule has 2 aromatic carbocycles. The summed E-state index contributed by atoms with van der Waals surface area (Å²) in [6, 6.07) is 12.3. The van der Waals surface area contributed by atoms with E-state index >= 15 is 0 Å². The van der Waals surface area contributed by atoms with Crippen molar-refractivity contribution in [3.8, 4) is 5.75 Å². The average molecular weight is 415 g/mol. The first-order valence-corrected chi connectivity index (χ1v) is 8.98. The van der Waals surface area contributed by atoms with Gasteiger partial charge < -0.3 is 20.1 Å². The van der Waals surface area contributed by atoms with Crippen molar-refractivity contribution in [3.05, 3.63) is 64.2 Å². The fourth-order valence-corrected chi connectivity index (χ4v) is 2.49. The minimum absolute atomic E-state index is 0.000490. The Hall–Kier alpha value is -3.95. The molecule has 0 aliphatic carbocycles. The number of nitrogens with zero attached hydrogens (tertiary/aromatic N) is 1. The molecule has 1 atom stereocenters. The number of methoxy groups -OCH3 is 1. The SMILES string of the molecule is COc1ccccc1C(=O)NCCC(=O)O[C@@H](C)C(=O)Nc1ccccc1[N+](=O)[O-]. The monoisotopic (exact) mass is 415 g/mol. The summed E-state index contributed by atoms with van der Waals surface area (Å²) < 4.78 is 10.1. The third-order valence-corrected chi connectivity index (χ3v) is 4.00. The highest BCUT2D eigenvalue weighted by Gasteiger charge is 2.21. The minimum atomic E-state index is -1.18. The summed E-state index contributed by atoms with van der Waals surface area (Å²) in [6.45, 7) is 1.34. The van der Waals surface area contributed by atoms with Crippen molar-refractivity contribution < 1.29 is 28.8 Å². The van der Waals surface area contributed by atoms with Gasteiger partial charge in [-0.2, -0.15) is 0 Å². The summed E-state index contributed by atoms with van der Waals surface area (Å²) in [4.78, 5) is 46.6. The molecule has 0 heterocycles. The Labute approximate surface area is 172 Å². The number of para-hydroxylation sites is 3. The number of hydrogen-bond acceptors (Lipinski definition) is 7. The summed E-state index contributed by atoms with van der Waals surface area (Å²) in [5.74, 6) is -1.43. The van der Waals surface area contributed by atoms with Crippen LogP contribution in [0.4, 0.5) is 11.4 Å². The molecule has 2 aromatic rings. The van der Waals surface area contributed by atoms with Crippen LogP contribution < -0.4 is 15.4 Å². The van der Waals surface area contributed by atoms with E-state index in [2.05, 4.69) is 10.6 Å². The van der Waals surface area contributed by atoms with E-state index in [4.69, 9.17) is 9.47 Å². The zero-order valence-corrected chi connectivity index (χ0v) is 16.4. The molecule has 0 saturated heterocycles. The highest BCUT2D eigenvalue weighted by Crippen LogP contribution is 2.23. The smallest absolute Gasteiger partial charge is 0.308 e. The zero-order chi connectivity index (χ0) is 22.1. The Morgan fingerprint density at radius 3 is 2.47 bits per heavy atom. The number of nitro groups is 1. The van der Waals surface area contributed by atoms with Gasteiger partial charge in [0, 0.05) is 12.6 Å². The van der Waals surface area contributed by atoms with Gasteiger partial charge in [0.15, 0.2) is 6.10 Å². The summed E-state index contributed by atoms with van der Waals surface area (Å²) in [5.41, 5.74) is 0.0495. The van der Waals surface area contributed by atoms with E-state index in [0.717, 1.165) is 0 Å². The van der Waals surface area contributed by atoms with E-state index in [1.165, 1.54) is 38.3 Å². The van der Waals surface area contributed by atoms with E-state index in [0.29, 0.717) is 11.3 Å². The maximum absolute atomic E-state index is 12.2. The molecule has 0 aromatic heterocycles. The average Bonchev–Trinajstić information content (AvgIpc) is 2.73. The third kappa shape index (κ3) is 6.03. The lowest BCUT2D eigenvalue weighted by atomic mass is 10.2. The molecule has 0 unspecified atom stereocenters. The predicted molar refractivity (Wildman–Crippen MR) is 107 cm³/mol. The first kappa shape index (κ1) is 22.3. The quantitative estimate of drug-likeness (QED) is 0.364. The molecule has 2 N–H and O–H groups in total. The van der Waals surface area contributed by atoms with Gasteiger partial charge in [0.25, 0.3) is 17.5 Å². The number of rotatable bonds is 9. The third-order valence-electron chi connectivity index (χ3n) is 4.00. The van der Waals surface area contributed by atoms with Crippen molar-refractivity contribution in [2.75, 3.05) is 19.0 Å². The standard InChI is InChI=1S/C20H21N3O7/c1-13(19(25)22-15-8-4-5-9-16(15)23(27)28)30-18(24)11-12-21-20(26)14-7-3-6-10-17(14)29-2/h3-10,13H,11-12H2,1-2H3,(H,21,26)(H,22,25)/t13-/m0/s1. The normalized spacial score (nSPS) is 11.1. The molecule has 2 rings (SSSR count). The van der Waals surface area contributed by atoms with Crippen molar-refractivity contribution >= 4 is 29.2 Å². The first-order chi connectivity index (χ1) is 14.3. The number of ether oxygens (including phenoxy) is 2. The zero-order valence-electron chi connectivity index (χ0n) is 16.4. The fourth-order valence-electron chi connectivity index (χ4n) is 2.49. The lowest BCUT2D eigenvalue weighted by molar-refractivity contribution is -0.383. The molecule has 10 nitrogen and oxygen atoms in total. The van der Waals surface area contributed by atoms with E-state index in [9.17, 15) is 24.5 Å². The van der Waals surface area contributed by atoms with Crippen LogP contribution in [-0.2, 0) is 14.3 Å². The molecule has 0 radical (unpaired) electrons. The summed E-state index contributed by atoms with van der Waals surface area (Å²) >= 11 is 0. The molecule has 0 aliphatic heterocycles. The number of hydrogen-bond donors (Lipinski definition) is 2. The van der Waals surface area contributed by atoms with Gasteiger partial charge in [-0.05, 0) is 25.1 Å². The Kier molecular flexibility index (Phi) is 7.86. The van der Waals surface area contributed by atoms with Gasteiger partial charge in [0.2, 0.25) is 0 Å². The van der Waals surface area contributed by atoms with Crippen LogP contribution in [0, 0.1) is 10.1 Å². The summed E-state index contributed by atoms with van der Waals surface area (Å²) in [7, 11) is 1.44. The van der Waals surface area contributed by atoms with Crippen LogP contribution >= 0.6 is 0 Å². The largest absolute Gasteiger partial charge is 0.496 e. The molecule has 0 saturated carbocycles. The maximum atomic E-state index is 12.2. The highest BCUT2D eigenvalue weighted by atomic mass is 16.6. The molecule has 0 fully saturated rings. The van der Waals surface area contributed by atoms with Crippen LogP contribution in [0.5, 0.6) is 5.75 Å². The van der Waals surface area contributed by atoms with Gasteiger partial charge in [-0.25, -0.2) is 0 Å². The van der Waals surface area contributed by atoms with Crippen LogP contribution in [0.25, 0.3) is 0 Å². The number of carbonyl (C=O) groups is 3. The van der Waals surface area contributed by atoms with Crippen molar-refractivity contribution in [3.63, 3.8) is 0 Å². The van der Waals surface area contributed by atoms with E-state index in [-0.39, 0.29) is 24.3 Å². The van der Waals surface area contributed by atoms with Crippen LogP contribution in [-0.4, -0.2) is 42.5 Å². The number of anilines is 1. The molecule has 0 bridgehead atoms. The summed E-state index contributed by atoms with van der Waals surface area (Å²) in [6.07, 6.45) is -1.34. The van der Waals surface area contributed by atoms with Gasteiger partial charge in [-0.1, -0.05) is 24.3 Å². The first-order valence-electron chi connectivity index (χ1n) is 8.98. The Morgan fingerprint density at radius 2 is 1.77 bits per heavy atom. The van der Waals surface area contributed by atoms with Gasteiger partial charge in [-0.3, -0.25) is 24.5 Å². The highest BCUT2D eigenvalue weighted by molar-refractivity contribution is 5.98. The van der Waals surface area contributed by atoms with E-state index in [1.807, 2.05) is 0 Å². The number of esters is 1. The Balaban J connectivity index is 1.82. The second kappa shape index (κ2) is 10.6. The number of amides is 2. The van der Waals surface area contributed by atoms with Crippen LogP contribution in [0.2, 0.25) is 0 Å². The molecular formula is C20H21N3O7. The lowest BCUT2D eigenvalue weighted by Gasteiger charge is -2.14. The molecule has 158 valence electrons. The summed E-state index contributed by atoms with van der Waals surface area (Å²) in [5, 5.41) is 15.9. The molecule has 0 aliphatic rings. The number of nitrogens with one attached hydrogen (secondary N) is 2. The van der Waals surface area contributed by atoms with Gasteiger partial charge >= 0.3 is 5.97 Å². The number of carbonyl (C=O) groups excluding carboxylic acids is 3. The van der Waals surface area contributed by atoms with Crippen molar-refractivity contribution in [1.82, 2.24) is 5.32 Å². The maximum Gasteiger partial charge on any atom is 0.308 e. The molecular weight excluding hydrogens is 394 g/mol. The van der Waals surface area contributed by atoms with Gasteiger partial charge in [-0.15, -0.1) is 0 Å². The second-order valence-corrected chi connectivity index (χ2v) is 6.10. The van der Waals surface area contributed by atoms with Gasteiger partial charge in [0.1, 0.15) is 11.4 Å². The second-order valence-electron chi connectivity index (χ2n) is 6.10. The minimum Gasteiger partial charge on any atom is -0.496 e. The fraction of sp³-hybridized carbons (Fsp3) is 0.250. The molecule has 30 heavy (non-hydrogen) atoms. The number of nitro benzene ring substituents is 1. The molecule has 0 spiro atoms. The molecule has 10 heteroatoms. The number of benzene rings is 2. The van der Waals surface area contributed by atoms with Crippen molar-refractivity contribution in [2.45, 2.75) is 19.4 Å². The van der Waals surface area contributed by atoms with E-state index < -0.39 is 28.8 Å². The topological polar surface area (TPSA) is 137 Å². The van der Waals surface area contributed by atoms with Crippen LogP contribution in [0.1, 0.15) is 23.7 Å². The van der Waals surface area contributed by atoms with Crippen LogP contribution in [0.15, 0.2) is 48.5 Å².